The summed E-state index contributed by atoms with van der Waals surface area (Å²) in [7, 11) is 0. The van der Waals surface area contributed by atoms with Crippen LogP contribution in [0.25, 0.3) is 11.1 Å². The highest BCUT2D eigenvalue weighted by Gasteiger charge is 2.31. The number of carbonyl (C=O) groups excluding carboxylic acids is 5. The summed E-state index contributed by atoms with van der Waals surface area (Å²) in [5.41, 5.74) is 4.96. The summed E-state index contributed by atoms with van der Waals surface area (Å²) in [5.74, 6) is -2.94. The predicted octanol–water partition coefficient (Wildman–Crippen LogP) is 4.59. The Morgan fingerprint density at radius 2 is 1.45 bits per heavy atom. The Morgan fingerprint density at radius 3 is 2.10 bits per heavy atom. The predicted molar refractivity (Wildman–Crippen MR) is 162 cm³/mol. The molecule has 3 aromatic rings. The van der Waals surface area contributed by atoms with Gasteiger partial charge in [0.2, 0.25) is 17.6 Å². The molecule has 7 nitrogen and oxygen atoms in total. The fraction of sp³-hybridized carbons (Fsp3) is 0.343. The molecule has 2 N–H and O–H groups in total. The Balaban J connectivity index is 1.61. The molecule has 1 aliphatic heterocycles. The molecule has 0 unspecified atom stereocenters. The molecule has 0 saturated carbocycles. The topological polar surface area (TPSA) is 109 Å². The van der Waals surface area contributed by atoms with Crippen LogP contribution in [0.5, 0.6) is 0 Å². The van der Waals surface area contributed by atoms with Gasteiger partial charge in [0, 0.05) is 25.2 Å². The number of benzene rings is 3. The molecule has 1 aliphatic rings. The van der Waals surface area contributed by atoms with Crippen LogP contribution in [0.2, 0.25) is 0 Å². The average Bonchev–Trinajstić information content (AvgIpc) is 3.01. The molecule has 7 heteroatoms. The van der Waals surface area contributed by atoms with Crippen LogP contribution in [0.3, 0.4) is 0 Å². The molecule has 4 bridgehead atoms. The van der Waals surface area contributed by atoms with Crippen LogP contribution in [-0.2, 0) is 43.2 Å². The first-order valence-corrected chi connectivity index (χ1v) is 14.6. The highest BCUT2D eigenvalue weighted by Crippen LogP contribution is 2.24. The van der Waals surface area contributed by atoms with Gasteiger partial charge in [-0.05, 0) is 60.4 Å². The van der Waals surface area contributed by atoms with Crippen molar-refractivity contribution < 1.29 is 24.0 Å². The zero-order chi connectivity index (χ0) is 30.1. The van der Waals surface area contributed by atoms with Gasteiger partial charge in [0.15, 0.2) is 11.6 Å². The van der Waals surface area contributed by atoms with Crippen LogP contribution in [-0.4, -0.2) is 41.2 Å². The fourth-order valence-corrected chi connectivity index (χ4v) is 5.31. The molecule has 4 rings (SSSR count). The third-order valence-corrected chi connectivity index (χ3v) is 7.76. The number of nitrogens with one attached hydrogen (secondary N) is 2. The standard InChI is InChI=1S/C35H38N2O5/c1-3-31(38)34(41)29(21-24-9-5-4-6-10-24)22-32(39)30-17-15-25-11-7-13-27(19-25)28-14-8-12-26(20-28)16-18-33(40)36-23(2)35(42)37-30/h4-14,19-20,23,29-30H,3,15-18,21-22H2,1-2H3,(H,36,40)(H,37,42)/t23-,29+,30-/m0/s1. The van der Waals surface area contributed by atoms with Crippen LogP contribution < -0.4 is 10.6 Å². The first kappa shape index (κ1) is 30.6. The van der Waals surface area contributed by atoms with E-state index >= 15 is 0 Å². The molecular weight excluding hydrogens is 528 g/mol. The lowest BCUT2D eigenvalue weighted by Crippen LogP contribution is -2.51. The van der Waals surface area contributed by atoms with Gasteiger partial charge in [0.05, 0.1) is 6.04 Å². The van der Waals surface area contributed by atoms with Crippen molar-refractivity contribution in [3.8, 4) is 11.1 Å². The second-order valence-electron chi connectivity index (χ2n) is 11.0. The van der Waals surface area contributed by atoms with Gasteiger partial charge in [-0.1, -0.05) is 85.8 Å². The summed E-state index contributed by atoms with van der Waals surface area (Å²) in [6, 6.07) is 23.7. The van der Waals surface area contributed by atoms with Gasteiger partial charge in [-0.3, -0.25) is 24.0 Å². The summed E-state index contributed by atoms with van der Waals surface area (Å²) < 4.78 is 0. The van der Waals surface area contributed by atoms with E-state index in [9.17, 15) is 24.0 Å². The second kappa shape index (κ2) is 14.5. The van der Waals surface area contributed by atoms with Crippen LogP contribution in [0, 0.1) is 5.92 Å². The largest absolute Gasteiger partial charge is 0.345 e. The number of hydrogen-bond acceptors (Lipinski definition) is 5. The quantitative estimate of drug-likeness (QED) is 0.388. The molecule has 0 saturated heterocycles. The van der Waals surface area contributed by atoms with E-state index in [1.165, 1.54) is 0 Å². The van der Waals surface area contributed by atoms with Crippen LogP contribution in [0.4, 0.5) is 0 Å². The number of ketones is 3. The van der Waals surface area contributed by atoms with Gasteiger partial charge in [-0.25, -0.2) is 0 Å². The van der Waals surface area contributed by atoms with Gasteiger partial charge in [-0.15, -0.1) is 0 Å². The molecule has 0 aliphatic carbocycles. The summed E-state index contributed by atoms with van der Waals surface area (Å²) >= 11 is 0. The van der Waals surface area contributed by atoms with Gasteiger partial charge in [0.1, 0.15) is 6.04 Å². The van der Waals surface area contributed by atoms with Gasteiger partial charge in [-0.2, -0.15) is 0 Å². The molecule has 218 valence electrons. The minimum absolute atomic E-state index is 0.0644. The van der Waals surface area contributed by atoms with E-state index in [1.54, 1.807) is 13.8 Å². The summed E-state index contributed by atoms with van der Waals surface area (Å²) in [4.78, 5) is 65.0. The molecule has 3 atom stereocenters. The number of hydrogen-bond donors (Lipinski definition) is 2. The Kier molecular flexibility index (Phi) is 10.5. The monoisotopic (exact) mass is 566 g/mol. The Hall–Kier alpha value is -4.39. The van der Waals surface area contributed by atoms with Crippen molar-refractivity contribution in [1.82, 2.24) is 10.6 Å². The minimum Gasteiger partial charge on any atom is -0.345 e. The summed E-state index contributed by atoms with van der Waals surface area (Å²) in [5, 5.41) is 5.57. The number of rotatable bonds is 8. The number of carbonyl (C=O) groups is 5. The highest BCUT2D eigenvalue weighted by molar-refractivity contribution is 6.38. The van der Waals surface area contributed by atoms with Crippen molar-refractivity contribution in [3.63, 3.8) is 0 Å². The van der Waals surface area contributed by atoms with E-state index < -0.39 is 35.5 Å². The Morgan fingerprint density at radius 1 is 0.810 bits per heavy atom. The normalized spacial score (nSPS) is 18.3. The van der Waals surface area contributed by atoms with Crippen molar-refractivity contribution in [2.45, 2.75) is 70.9 Å². The zero-order valence-electron chi connectivity index (χ0n) is 24.2. The van der Waals surface area contributed by atoms with E-state index in [0.29, 0.717) is 19.3 Å². The van der Waals surface area contributed by atoms with Crippen molar-refractivity contribution in [2.24, 2.45) is 5.92 Å². The SMILES string of the molecule is CCC(=O)C(=O)[C@@H](CC(=O)[C@@H]1CCc2cccc(c2)-c2cccc(c2)CCC(=O)N[C@@H](C)C(=O)N1)Cc1ccccc1. The van der Waals surface area contributed by atoms with E-state index in [2.05, 4.69) is 22.8 Å². The lowest BCUT2D eigenvalue weighted by Gasteiger charge is -2.23. The van der Waals surface area contributed by atoms with Crippen LogP contribution in [0.15, 0.2) is 78.9 Å². The molecule has 0 aromatic heterocycles. The van der Waals surface area contributed by atoms with Crippen molar-refractivity contribution in [1.29, 1.82) is 0 Å². The first-order valence-electron chi connectivity index (χ1n) is 14.6. The maximum Gasteiger partial charge on any atom is 0.242 e. The zero-order valence-corrected chi connectivity index (χ0v) is 24.2. The van der Waals surface area contributed by atoms with E-state index in [4.69, 9.17) is 0 Å². The molecule has 42 heavy (non-hydrogen) atoms. The lowest BCUT2D eigenvalue weighted by molar-refractivity contribution is -0.140. The van der Waals surface area contributed by atoms with E-state index in [1.807, 2.05) is 66.7 Å². The van der Waals surface area contributed by atoms with Crippen molar-refractivity contribution in [2.75, 3.05) is 0 Å². The first-order chi connectivity index (χ1) is 20.2. The maximum absolute atomic E-state index is 13.7. The minimum atomic E-state index is -0.889. The Labute approximate surface area is 247 Å². The van der Waals surface area contributed by atoms with E-state index in [-0.39, 0.29) is 37.4 Å². The summed E-state index contributed by atoms with van der Waals surface area (Å²) in [6.07, 6.45) is 1.72. The molecular formula is C35H38N2O5. The van der Waals surface area contributed by atoms with Crippen molar-refractivity contribution >= 4 is 29.2 Å². The Bertz CT molecular complexity index is 1450. The van der Waals surface area contributed by atoms with Gasteiger partial charge < -0.3 is 10.6 Å². The van der Waals surface area contributed by atoms with Gasteiger partial charge in [0.25, 0.3) is 0 Å². The molecule has 0 fully saturated rings. The third-order valence-electron chi connectivity index (χ3n) is 7.76. The van der Waals surface area contributed by atoms with Crippen molar-refractivity contribution in [3.05, 3.63) is 95.6 Å². The maximum atomic E-state index is 13.7. The van der Waals surface area contributed by atoms with E-state index in [0.717, 1.165) is 27.8 Å². The molecule has 2 amide bonds. The smallest absolute Gasteiger partial charge is 0.242 e. The van der Waals surface area contributed by atoms with Crippen LogP contribution in [0.1, 0.15) is 56.2 Å². The number of fused-ring (bicyclic) bond motifs is 5. The number of aryl methyl sites for hydroxylation is 2. The molecule has 1 heterocycles. The molecule has 0 spiro atoms. The number of Topliss-reactive ketones (excluding diaryl/α,β-unsaturated/α-hetero) is 3. The third kappa shape index (κ3) is 8.32. The van der Waals surface area contributed by atoms with Crippen LogP contribution >= 0.6 is 0 Å². The highest BCUT2D eigenvalue weighted by atomic mass is 16.2. The average molecular weight is 567 g/mol. The second-order valence-corrected chi connectivity index (χ2v) is 11.0. The van der Waals surface area contributed by atoms with Gasteiger partial charge >= 0.3 is 0 Å². The molecule has 3 aromatic carbocycles. The summed E-state index contributed by atoms with van der Waals surface area (Å²) in [6.45, 7) is 3.22. The molecule has 0 radical (unpaired) electrons. The lowest BCUT2D eigenvalue weighted by atomic mass is 9.85. The number of amides is 2. The fourth-order valence-electron chi connectivity index (χ4n) is 5.31.